The Balaban J connectivity index is 2.56. The zero-order valence-corrected chi connectivity index (χ0v) is 12.9. The lowest BCUT2D eigenvalue weighted by Crippen LogP contribution is -2.05. The van der Waals surface area contributed by atoms with E-state index >= 15 is 0 Å². The summed E-state index contributed by atoms with van der Waals surface area (Å²) < 4.78 is 1.97. The molecule has 0 bridgehead atoms. The van der Waals surface area contributed by atoms with Crippen molar-refractivity contribution in [3.8, 4) is 11.3 Å². The highest BCUT2D eigenvalue weighted by molar-refractivity contribution is 6.36. The Kier molecular flexibility index (Phi) is 4.73. The molecule has 1 aromatic carbocycles. The van der Waals surface area contributed by atoms with Crippen LogP contribution in [-0.4, -0.2) is 9.55 Å². The Labute approximate surface area is 129 Å². The quantitative estimate of drug-likeness (QED) is 0.822. The Morgan fingerprint density at radius 2 is 2.15 bits per heavy atom. The molecule has 2 aromatic rings. The lowest BCUT2D eigenvalue weighted by Gasteiger charge is -2.06. The second kappa shape index (κ2) is 6.33. The maximum absolute atomic E-state index is 6.24. The predicted octanol–water partition coefficient (Wildman–Crippen LogP) is 4.58. The van der Waals surface area contributed by atoms with Gasteiger partial charge in [0, 0.05) is 23.6 Å². The Morgan fingerprint density at radius 3 is 2.75 bits per heavy atom. The Bertz CT molecular complexity index is 632. The zero-order valence-electron chi connectivity index (χ0n) is 11.4. The number of allylic oxidation sites excluding steroid dienone is 1. The van der Waals surface area contributed by atoms with Gasteiger partial charge < -0.3 is 10.3 Å². The fraction of sp³-hybridized carbons (Fsp3) is 0.267. The van der Waals surface area contributed by atoms with Gasteiger partial charge in [-0.2, -0.15) is 0 Å². The van der Waals surface area contributed by atoms with Crippen LogP contribution in [0.5, 0.6) is 0 Å². The third-order valence-electron chi connectivity index (χ3n) is 3.06. The van der Waals surface area contributed by atoms with Crippen molar-refractivity contribution < 1.29 is 0 Å². The second-order valence-electron chi connectivity index (χ2n) is 4.54. The van der Waals surface area contributed by atoms with Crippen LogP contribution in [0.2, 0.25) is 10.0 Å². The lowest BCUT2D eigenvalue weighted by atomic mass is 10.1. The average Bonchev–Trinajstić information content (AvgIpc) is 2.69. The number of hydrogen-bond donors (Lipinski definition) is 1. The summed E-state index contributed by atoms with van der Waals surface area (Å²) in [5.74, 6) is 1.56. The maximum Gasteiger partial charge on any atom is 0.132 e. The van der Waals surface area contributed by atoms with Crippen molar-refractivity contribution in [3.05, 3.63) is 46.7 Å². The van der Waals surface area contributed by atoms with E-state index < -0.39 is 0 Å². The van der Waals surface area contributed by atoms with E-state index in [9.17, 15) is 0 Å². The number of imidazole rings is 1. The molecule has 0 radical (unpaired) electrons. The number of hydrogen-bond acceptors (Lipinski definition) is 2. The number of nitrogens with two attached hydrogens (primary N) is 1. The summed E-state index contributed by atoms with van der Waals surface area (Å²) in [7, 11) is 0. The molecule has 5 heteroatoms. The molecule has 0 amide bonds. The summed E-state index contributed by atoms with van der Waals surface area (Å²) >= 11 is 12.2. The number of nitrogens with zero attached hydrogens (tertiary/aromatic N) is 2. The van der Waals surface area contributed by atoms with E-state index in [1.54, 1.807) is 12.1 Å². The second-order valence-corrected chi connectivity index (χ2v) is 5.38. The Hall–Kier alpha value is -1.45. The van der Waals surface area contributed by atoms with Crippen molar-refractivity contribution in [2.24, 2.45) is 0 Å². The SMILES string of the molecule is C=CCn1c(CCC)nc(-c2ccc(Cl)cc2Cl)c1N. The van der Waals surface area contributed by atoms with Gasteiger partial charge in [0.25, 0.3) is 0 Å². The van der Waals surface area contributed by atoms with E-state index in [0.717, 1.165) is 24.2 Å². The minimum Gasteiger partial charge on any atom is -0.383 e. The summed E-state index contributed by atoms with van der Waals surface area (Å²) in [6.45, 7) is 6.51. The Morgan fingerprint density at radius 1 is 1.40 bits per heavy atom. The smallest absolute Gasteiger partial charge is 0.132 e. The van der Waals surface area contributed by atoms with Crippen LogP contribution in [0.15, 0.2) is 30.9 Å². The topological polar surface area (TPSA) is 43.8 Å². The van der Waals surface area contributed by atoms with Gasteiger partial charge in [0.2, 0.25) is 0 Å². The average molecular weight is 310 g/mol. The first-order chi connectivity index (χ1) is 9.58. The molecule has 0 atom stereocenters. The molecule has 0 aliphatic rings. The van der Waals surface area contributed by atoms with E-state index in [2.05, 4.69) is 18.5 Å². The standard InChI is InChI=1S/C15H17Cl2N3/c1-3-5-13-19-14(15(18)20(13)8-4-2)11-7-6-10(16)9-12(11)17/h4,6-7,9H,2-3,5,8,18H2,1H3. The first-order valence-corrected chi connectivity index (χ1v) is 7.25. The van der Waals surface area contributed by atoms with Gasteiger partial charge in [-0.25, -0.2) is 4.98 Å². The third-order valence-corrected chi connectivity index (χ3v) is 3.61. The van der Waals surface area contributed by atoms with Gasteiger partial charge in [-0.3, -0.25) is 0 Å². The van der Waals surface area contributed by atoms with Gasteiger partial charge in [-0.1, -0.05) is 36.2 Å². The molecule has 1 aromatic heterocycles. The monoisotopic (exact) mass is 309 g/mol. The highest BCUT2D eigenvalue weighted by Crippen LogP contribution is 2.34. The van der Waals surface area contributed by atoms with Gasteiger partial charge in [-0.15, -0.1) is 6.58 Å². The molecule has 0 fully saturated rings. The van der Waals surface area contributed by atoms with E-state index in [1.807, 2.05) is 16.7 Å². The van der Waals surface area contributed by atoms with Gasteiger partial charge in [-0.05, 0) is 24.6 Å². The zero-order chi connectivity index (χ0) is 14.7. The fourth-order valence-corrected chi connectivity index (χ4v) is 2.64. The van der Waals surface area contributed by atoms with E-state index in [4.69, 9.17) is 28.9 Å². The van der Waals surface area contributed by atoms with Crippen LogP contribution in [0, 0.1) is 0 Å². The van der Waals surface area contributed by atoms with Crippen LogP contribution < -0.4 is 5.73 Å². The maximum atomic E-state index is 6.24. The molecular formula is C15H17Cl2N3. The van der Waals surface area contributed by atoms with E-state index in [0.29, 0.717) is 28.1 Å². The highest BCUT2D eigenvalue weighted by Gasteiger charge is 2.17. The summed E-state index contributed by atoms with van der Waals surface area (Å²) in [6.07, 6.45) is 3.68. The van der Waals surface area contributed by atoms with Crippen molar-refractivity contribution in [2.75, 3.05) is 5.73 Å². The predicted molar refractivity (Wildman–Crippen MR) is 86.3 cm³/mol. The summed E-state index contributed by atoms with van der Waals surface area (Å²) in [4.78, 5) is 4.64. The van der Waals surface area contributed by atoms with Crippen LogP contribution in [0.4, 0.5) is 5.82 Å². The lowest BCUT2D eigenvalue weighted by molar-refractivity contribution is 0.724. The molecule has 1 heterocycles. The van der Waals surface area contributed by atoms with Crippen LogP contribution in [0.25, 0.3) is 11.3 Å². The van der Waals surface area contributed by atoms with Crippen molar-refractivity contribution in [2.45, 2.75) is 26.3 Å². The summed E-state index contributed by atoms with van der Waals surface area (Å²) in [5.41, 5.74) is 7.73. The van der Waals surface area contributed by atoms with E-state index in [1.165, 1.54) is 0 Å². The van der Waals surface area contributed by atoms with Crippen molar-refractivity contribution in [3.63, 3.8) is 0 Å². The number of aromatic nitrogens is 2. The van der Waals surface area contributed by atoms with Gasteiger partial charge in [0.15, 0.2) is 0 Å². The van der Waals surface area contributed by atoms with Crippen LogP contribution >= 0.6 is 23.2 Å². The molecule has 2 N–H and O–H groups in total. The van der Waals surface area contributed by atoms with Gasteiger partial charge in [0.1, 0.15) is 17.3 Å². The van der Waals surface area contributed by atoms with Crippen LogP contribution in [-0.2, 0) is 13.0 Å². The molecule has 0 saturated carbocycles. The minimum atomic E-state index is 0.551. The minimum absolute atomic E-state index is 0.551. The van der Waals surface area contributed by atoms with E-state index in [-0.39, 0.29) is 0 Å². The molecule has 20 heavy (non-hydrogen) atoms. The number of benzene rings is 1. The molecule has 0 aliphatic heterocycles. The first kappa shape index (κ1) is 14.9. The largest absolute Gasteiger partial charge is 0.383 e. The molecule has 106 valence electrons. The molecule has 2 rings (SSSR count). The van der Waals surface area contributed by atoms with Gasteiger partial charge >= 0.3 is 0 Å². The molecule has 0 unspecified atom stereocenters. The molecule has 0 aliphatic carbocycles. The number of rotatable bonds is 5. The third kappa shape index (κ3) is 2.84. The molecular weight excluding hydrogens is 293 g/mol. The van der Waals surface area contributed by atoms with Crippen molar-refractivity contribution >= 4 is 29.0 Å². The molecule has 0 spiro atoms. The van der Waals surface area contributed by atoms with Crippen molar-refractivity contribution in [1.29, 1.82) is 0 Å². The number of anilines is 1. The normalized spacial score (nSPS) is 10.8. The summed E-state index contributed by atoms with van der Waals surface area (Å²) in [6, 6.07) is 5.33. The number of nitrogen functional groups attached to an aromatic ring is 1. The van der Waals surface area contributed by atoms with Gasteiger partial charge in [0.05, 0.1) is 5.02 Å². The molecule has 3 nitrogen and oxygen atoms in total. The number of halogens is 2. The number of aryl methyl sites for hydroxylation is 1. The first-order valence-electron chi connectivity index (χ1n) is 6.49. The molecule has 0 saturated heterocycles. The van der Waals surface area contributed by atoms with Crippen molar-refractivity contribution in [1.82, 2.24) is 9.55 Å². The highest BCUT2D eigenvalue weighted by atomic mass is 35.5. The fourth-order valence-electron chi connectivity index (χ4n) is 2.14. The van der Waals surface area contributed by atoms with Crippen LogP contribution in [0.3, 0.4) is 0 Å². The van der Waals surface area contributed by atoms with Crippen LogP contribution in [0.1, 0.15) is 19.2 Å². The summed E-state index contributed by atoms with van der Waals surface area (Å²) in [5, 5.41) is 1.15.